The molecule has 0 spiro atoms. The van der Waals surface area contributed by atoms with Crippen LogP contribution in [0.3, 0.4) is 0 Å². The third-order valence-electron chi connectivity index (χ3n) is 3.66. The predicted molar refractivity (Wildman–Crippen MR) is 99.1 cm³/mol. The number of halogens is 1. The fourth-order valence-corrected chi connectivity index (χ4v) is 2.53. The molecule has 2 aromatic carbocycles. The summed E-state index contributed by atoms with van der Waals surface area (Å²) in [7, 11) is 3.24. The van der Waals surface area contributed by atoms with Crippen LogP contribution in [0.5, 0.6) is 17.2 Å². The Bertz CT molecular complexity index is 666. The van der Waals surface area contributed by atoms with E-state index in [9.17, 15) is 5.11 Å². The Balaban J connectivity index is 1.68. The Kier molecular flexibility index (Phi) is 7.85. The summed E-state index contributed by atoms with van der Waals surface area (Å²) in [5, 5.41) is 13.8. The number of hydrogen-bond donors (Lipinski definition) is 2. The Labute approximate surface area is 153 Å². The van der Waals surface area contributed by atoms with Crippen molar-refractivity contribution in [3.05, 3.63) is 53.1 Å². The highest BCUT2D eigenvalue weighted by atomic mass is 35.5. The molecule has 0 heterocycles. The summed E-state index contributed by atoms with van der Waals surface area (Å²) in [5.41, 5.74) is 1.13. The van der Waals surface area contributed by atoms with Crippen LogP contribution in [-0.4, -0.2) is 45.1 Å². The van der Waals surface area contributed by atoms with Crippen LogP contribution in [-0.2, 0) is 6.42 Å². The number of rotatable bonds is 10. The van der Waals surface area contributed by atoms with E-state index in [2.05, 4.69) is 5.32 Å². The molecule has 0 amide bonds. The third-order valence-corrected chi connectivity index (χ3v) is 3.89. The molecule has 0 aliphatic heterocycles. The summed E-state index contributed by atoms with van der Waals surface area (Å²) in [6.07, 6.45) is 0.228. The van der Waals surface area contributed by atoms with Crippen LogP contribution in [0.25, 0.3) is 0 Å². The second-order valence-corrected chi connectivity index (χ2v) is 6.00. The minimum atomic E-state index is -0.593. The van der Waals surface area contributed by atoms with Gasteiger partial charge in [-0.2, -0.15) is 0 Å². The number of methoxy groups -OCH3 is 2. The molecule has 0 bridgehead atoms. The van der Waals surface area contributed by atoms with Crippen LogP contribution in [0.4, 0.5) is 0 Å². The van der Waals surface area contributed by atoms with Crippen molar-refractivity contribution >= 4 is 11.6 Å². The molecule has 2 aromatic rings. The molecule has 0 fully saturated rings. The van der Waals surface area contributed by atoms with E-state index in [1.807, 2.05) is 30.3 Å². The highest BCUT2D eigenvalue weighted by molar-refractivity contribution is 6.30. The first-order valence-corrected chi connectivity index (χ1v) is 8.48. The predicted octanol–water partition coefficient (Wildman–Crippen LogP) is 2.93. The van der Waals surface area contributed by atoms with Gasteiger partial charge in [0.25, 0.3) is 0 Å². The Morgan fingerprint density at radius 3 is 2.60 bits per heavy atom. The van der Waals surface area contributed by atoms with Crippen LogP contribution in [0.2, 0.25) is 5.02 Å². The van der Waals surface area contributed by atoms with E-state index in [1.54, 1.807) is 26.4 Å². The van der Waals surface area contributed by atoms with Crippen LogP contribution in [0.15, 0.2) is 42.5 Å². The highest BCUT2D eigenvalue weighted by Crippen LogP contribution is 2.27. The fraction of sp³-hybridized carbons (Fsp3) is 0.368. The van der Waals surface area contributed by atoms with Crippen molar-refractivity contribution < 1.29 is 19.3 Å². The van der Waals surface area contributed by atoms with Gasteiger partial charge >= 0.3 is 0 Å². The zero-order valence-electron chi connectivity index (χ0n) is 14.5. The lowest BCUT2D eigenvalue weighted by Gasteiger charge is -2.14. The van der Waals surface area contributed by atoms with Gasteiger partial charge in [0.2, 0.25) is 0 Å². The van der Waals surface area contributed by atoms with Crippen molar-refractivity contribution in [2.24, 2.45) is 0 Å². The SMILES string of the molecule is COc1ccc(CCNCC(O)COc2cccc(Cl)c2)cc1OC. The fourth-order valence-electron chi connectivity index (χ4n) is 2.35. The number of hydrogen-bond acceptors (Lipinski definition) is 5. The molecule has 0 saturated carbocycles. The van der Waals surface area contributed by atoms with Gasteiger partial charge in [-0.15, -0.1) is 0 Å². The van der Waals surface area contributed by atoms with Gasteiger partial charge in [-0.1, -0.05) is 23.7 Å². The molecule has 2 N–H and O–H groups in total. The van der Waals surface area contributed by atoms with E-state index in [1.165, 1.54) is 0 Å². The normalized spacial score (nSPS) is 11.8. The van der Waals surface area contributed by atoms with E-state index >= 15 is 0 Å². The minimum Gasteiger partial charge on any atom is -0.493 e. The van der Waals surface area contributed by atoms with Crippen LogP contribution in [0, 0.1) is 0 Å². The summed E-state index contributed by atoms with van der Waals surface area (Å²) < 4.78 is 16.0. The maximum absolute atomic E-state index is 9.97. The monoisotopic (exact) mass is 365 g/mol. The van der Waals surface area contributed by atoms with E-state index in [0.717, 1.165) is 24.3 Å². The molecular weight excluding hydrogens is 342 g/mol. The van der Waals surface area contributed by atoms with Crippen LogP contribution >= 0.6 is 11.6 Å². The zero-order chi connectivity index (χ0) is 18.1. The van der Waals surface area contributed by atoms with Crippen molar-refractivity contribution in [2.45, 2.75) is 12.5 Å². The van der Waals surface area contributed by atoms with Gasteiger partial charge in [0, 0.05) is 11.6 Å². The molecule has 0 aliphatic carbocycles. The lowest BCUT2D eigenvalue weighted by atomic mass is 10.1. The summed E-state index contributed by atoms with van der Waals surface area (Å²) in [5.74, 6) is 2.08. The van der Waals surface area contributed by atoms with Crippen LogP contribution < -0.4 is 19.5 Å². The Morgan fingerprint density at radius 2 is 1.88 bits per heavy atom. The quantitative estimate of drug-likeness (QED) is 0.634. The largest absolute Gasteiger partial charge is 0.493 e. The maximum Gasteiger partial charge on any atom is 0.160 e. The standard InChI is InChI=1S/C19H24ClNO4/c1-23-18-7-6-14(10-19(18)24-2)8-9-21-12-16(22)13-25-17-5-3-4-15(20)11-17/h3-7,10-11,16,21-22H,8-9,12-13H2,1-2H3. The zero-order valence-corrected chi connectivity index (χ0v) is 15.3. The topological polar surface area (TPSA) is 60.0 Å². The lowest BCUT2D eigenvalue weighted by molar-refractivity contribution is 0.106. The van der Waals surface area contributed by atoms with Crippen molar-refractivity contribution in [1.82, 2.24) is 5.32 Å². The lowest BCUT2D eigenvalue weighted by Crippen LogP contribution is -2.32. The molecule has 1 unspecified atom stereocenters. The molecule has 1 atom stereocenters. The van der Waals surface area contributed by atoms with Gasteiger partial charge in [-0.3, -0.25) is 0 Å². The average molecular weight is 366 g/mol. The smallest absolute Gasteiger partial charge is 0.160 e. The molecule has 25 heavy (non-hydrogen) atoms. The minimum absolute atomic E-state index is 0.212. The highest BCUT2D eigenvalue weighted by Gasteiger charge is 2.07. The maximum atomic E-state index is 9.97. The van der Waals surface area contributed by atoms with Gasteiger partial charge in [0.1, 0.15) is 18.5 Å². The summed E-state index contributed by atoms with van der Waals surface area (Å²) >= 11 is 5.89. The molecule has 0 saturated heterocycles. The van der Waals surface area contributed by atoms with Crippen molar-refractivity contribution in [3.63, 3.8) is 0 Å². The summed E-state index contributed by atoms with van der Waals surface area (Å²) in [6, 6.07) is 13.0. The number of nitrogens with one attached hydrogen (secondary N) is 1. The molecule has 2 rings (SSSR count). The molecular formula is C19H24ClNO4. The number of aliphatic hydroxyl groups is 1. The molecule has 6 heteroatoms. The van der Waals surface area contributed by atoms with Gasteiger partial charge in [0.15, 0.2) is 11.5 Å². The first-order valence-electron chi connectivity index (χ1n) is 8.10. The average Bonchev–Trinajstić information content (AvgIpc) is 2.63. The van der Waals surface area contributed by atoms with Crippen molar-refractivity contribution in [2.75, 3.05) is 33.9 Å². The number of aliphatic hydroxyl groups excluding tert-OH is 1. The molecule has 0 aromatic heterocycles. The van der Waals surface area contributed by atoms with Gasteiger partial charge in [-0.05, 0) is 48.9 Å². The van der Waals surface area contributed by atoms with E-state index < -0.39 is 6.10 Å². The third kappa shape index (κ3) is 6.46. The van der Waals surface area contributed by atoms with Crippen LogP contribution in [0.1, 0.15) is 5.56 Å². The van der Waals surface area contributed by atoms with Gasteiger partial charge in [-0.25, -0.2) is 0 Å². The second-order valence-electron chi connectivity index (χ2n) is 5.57. The molecule has 5 nitrogen and oxygen atoms in total. The second kappa shape index (κ2) is 10.1. The Morgan fingerprint density at radius 1 is 1.08 bits per heavy atom. The number of ether oxygens (including phenoxy) is 3. The summed E-state index contributed by atoms with van der Waals surface area (Å²) in [6.45, 7) is 1.40. The first-order chi connectivity index (χ1) is 12.1. The van der Waals surface area contributed by atoms with Gasteiger partial charge < -0.3 is 24.6 Å². The van der Waals surface area contributed by atoms with E-state index in [0.29, 0.717) is 23.1 Å². The first kappa shape index (κ1) is 19.4. The van der Waals surface area contributed by atoms with Crippen molar-refractivity contribution in [1.29, 1.82) is 0 Å². The molecule has 0 aliphatic rings. The Hall–Kier alpha value is -1.95. The molecule has 0 radical (unpaired) electrons. The van der Waals surface area contributed by atoms with Crippen molar-refractivity contribution in [3.8, 4) is 17.2 Å². The van der Waals surface area contributed by atoms with Gasteiger partial charge in [0.05, 0.1) is 14.2 Å². The molecule has 136 valence electrons. The van der Waals surface area contributed by atoms with E-state index in [4.69, 9.17) is 25.8 Å². The summed E-state index contributed by atoms with van der Waals surface area (Å²) in [4.78, 5) is 0. The van der Waals surface area contributed by atoms with E-state index in [-0.39, 0.29) is 6.61 Å². The number of benzene rings is 2.